The van der Waals surface area contributed by atoms with E-state index >= 15 is 0 Å². The predicted octanol–water partition coefficient (Wildman–Crippen LogP) is 7.75. The van der Waals surface area contributed by atoms with E-state index in [2.05, 4.69) is 20.4 Å². The quantitative estimate of drug-likeness (QED) is 0.171. The molecule has 0 radical (unpaired) electrons. The fourth-order valence-corrected chi connectivity index (χ4v) is 6.06. The van der Waals surface area contributed by atoms with Crippen molar-refractivity contribution in [3.8, 4) is 17.0 Å². The van der Waals surface area contributed by atoms with Crippen LogP contribution in [0.25, 0.3) is 16.9 Å². The molecule has 0 fully saturated rings. The van der Waals surface area contributed by atoms with Gasteiger partial charge in [0.15, 0.2) is 5.65 Å². The first-order chi connectivity index (χ1) is 23.9. The van der Waals surface area contributed by atoms with Gasteiger partial charge < -0.3 is 15.0 Å². The van der Waals surface area contributed by atoms with E-state index in [1.807, 2.05) is 0 Å². The standard InChI is InChI=1S/C35H22ClF5N6O3/c1-50-24-6-2-18(3-7-24)15-46-32(25-13-22(37)5-8-26(25)36)30-28(45-33(48)20-10-21(35(39,40)41)12-23(38)11-20)14-27(44-31(30)34(46)49)19-4-9-29-42-17-43-47(29)16-19/h2-14,16-17,32H,15H2,1H3,(H,44,45,48). The fourth-order valence-electron chi connectivity index (χ4n) is 5.84. The number of pyridine rings is 2. The van der Waals surface area contributed by atoms with Crippen molar-refractivity contribution in [3.05, 3.63) is 142 Å². The normalized spacial score (nSPS) is 14.3. The number of methoxy groups -OCH3 is 1. The van der Waals surface area contributed by atoms with Crippen LogP contribution in [-0.2, 0) is 12.7 Å². The van der Waals surface area contributed by atoms with Crippen LogP contribution in [0.15, 0.2) is 91.4 Å². The summed E-state index contributed by atoms with van der Waals surface area (Å²) in [6.45, 7) is -0.0246. The third-order valence-electron chi connectivity index (χ3n) is 8.18. The van der Waals surface area contributed by atoms with E-state index in [4.69, 9.17) is 16.3 Å². The van der Waals surface area contributed by atoms with E-state index in [0.29, 0.717) is 34.7 Å². The van der Waals surface area contributed by atoms with Crippen LogP contribution in [0.4, 0.5) is 27.6 Å². The number of ether oxygens (including phenoxy) is 1. The number of rotatable bonds is 7. The summed E-state index contributed by atoms with van der Waals surface area (Å²) in [5, 5.41) is 6.80. The van der Waals surface area contributed by atoms with Crippen LogP contribution < -0.4 is 10.1 Å². The highest BCUT2D eigenvalue weighted by molar-refractivity contribution is 6.31. The molecule has 1 aliphatic heterocycles. The lowest BCUT2D eigenvalue weighted by molar-refractivity contribution is -0.137. The molecule has 0 saturated heterocycles. The molecule has 7 rings (SSSR count). The molecule has 1 atom stereocenters. The Balaban J connectivity index is 1.42. The topological polar surface area (TPSA) is 102 Å². The van der Waals surface area contributed by atoms with Gasteiger partial charge in [0.05, 0.1) is 30.1 Å². The summed E-state index contributed by atoms with van der Waals surface area (Å²) in [7, 11) is 1.51. The maximum absolute atomic E-state index is 14.8. The van der Waals surface area contributed by atoms with Crippen molar-refractivity contribution in [2.75, 3.05) is 12.4 Å². The van der Waals surface area contributed by atoms with Gasteiger partial charge in [-0.05, 0) is 72.3 Å². The van der Waals surface area contributed by atoms with Crippen molar-refractivity contribution in [3.63, 3.8) is 0 Å². The molecule has 3 aromatic heterocycles. The molecule has 4 heterocycles. The summed E-state index contributed by atoms with van der Waals surface area (Å²) in [6, 6.07) is 15.5. The zero-order valence-electron chi connectivity index (χ0n) is 25.7. The van der Waals surface area contributed by atoms with E-state index < -0.39 is 46.8 Å². The zero-order chi connectivity index (χ0) is 35.3. The number of nitrogens with one attached hydrogen (secondary N) is 1. The second-order valence-electron chi connectivity index (χ2n) is 11.3. The molecule has 50 heavy (non-hydrogen) atoms. The van der Waals surface area contributed by atoms with E-state index in [1.54, 1.807) is 42.6 Å². The summed E-state index contributed by atoms with van der Waals surface area (Å²) in [4.78, 5) is 38.2. The Morgan fingerprint density at radius 2 is 1.76 bits per heavy atom. The van der Waals surface area contributed by atoms with Crippen LogP contribution in [0, 0.1) is 11.6 Å². The number of carbonyl (C=O) groups is 2. The lowest BCUT2D eigenvalue weighted by Crippen LogP contribution is -2.29. The summed E-state index contributed by atoms with van der Waals surface area (Å²) >= 11 is 6.61. The lowest BCUT2D eigenvalue weighted by atomic mass is 9.96. The van der Waals surface area contributed by atoms with Gasteiger partial charge >= 0.3 is 6.18 Å². The van der Waals surface area contributed by atoms with Crippen LogP contribution in [0.2, 0.25) is 5.02 Å². The van der Waals surface area contributed by atoms with E-state index in [0.717, 1.165) is 12.1 Å². The molecular weight excluding hydrogens is 683 g/mol. The van der Waals surface area contributed by atoms with Gasteiger partial charge in [-0.3, -0.25) is 9.59 Å². The largest absolute Gasteiger partial charge is 0.497 e. The van der Waals surface area contributed by atoms with Gasteiger partial charge in [-0.15, -0.1) is 0 Å². The molecule has 9 nitrogen and oxygen atoms in total. The van der Waals surface area contributed by atoms with E-state index in [1.165, 1.54) is 35.0 Å². The Labute approximate surface area is 284 Å². The monoisotopic (exact) mass is 704 g/mol. The highest BCUT2D eigenvalue weighted by Crippen LogP contribution is 2.46. The SMILES string of the molecule is COc1ccc(CN2C(=O)c3nc(-c4ccc5ncnn5c4)cc(NC(=O)c4cc(F)cc(C(F)(F)F)c4)c3C2c2cc(F)ccc2Cl)cc1. The summed E-state index contributed by atoms with van der Waals surface area (Å²) in [5.41, 5.74) is -0.141. The molecule has 2 amide bonds. The predicted molar refractivity (Wildman–Crippen MR) is 172 cm³/mol. The molecule has 15 heteroatoms. The van der Waals surface area contributed by atoms with Gasteiger partial charge in [-0.25, -0.2) is 23.3 Å². The molecule has 6 aromatic rings. The maximum Gasteiger partial charge on any atom is 0.416 e. The number of hydrogen-bond donors (Lipinski definition) is 1. The first kappa shape index (κ1) is 32.6. The maximum atomic E-state index is 14.8. The highest BCUT2D eigenvalue weighted by Gasteiger charge is 2.43. The fraction of sp³-hybridized carbons (Fsp3) is 0.114. The van der Waals surface area contributed by atoms with Crippen LogP contribution >= 0.6 is 11.6 Å². The van der Waals surface area contributed by atoms with Crippen LogP contribution in [0.3, 0.4) is 0 Å². The van der Waals surface area contributed by atoms with Gasteiger partial charge in [-0.1, -0.05) is 23.7 Å². The number of aromatic nitrogens is 4. The number of benzene rings is 3. The molecule has 0 bridgehead atoms. The third-order valence-corrected chi connectivity index (χ3v) is 8.52. The van der Waals surface area contributed by atoms with Gasteiger partial charge in [0, 0.05) is 40.0 Å². The lowest BCUT2D eigenvalue weighted by Gasteiger charge is -2.27. The van der Waals surface area contributed by atoms with Crippen molar-refractivity contribution < 1.29 is 36.3 Å². The number of anilines is 1. The first-order valence-corrected chi connectivity index (χ1v) is 15.2. The average Bonchev–Trinajstić information content (AvgIpc) is 3.67. The molecule has 0 spiro atoms. The molecule has 3 aromatic carbocycles. The molecule has 1 N–H and O–H groups in total. The van der Waals surface area contributed by atoms with E-state index in [9.17, 15) is 31.5 Å². The number of halogens is 6. The smallest absolute Gasteiger partial charge is 0.416 e. The Morgan fingerprint density at radius 1 is 0.980 bits per heavy atom. The minimum Gasteiger partial charge on any atom is -0.497 e. The Bertz CT molecular complexity index is 2310. The van der Waals surface area contributed by atoms with Crippen molar-refractivity contribution >= 4 is 34.7 Å². The van der Waals surface area contributed by atoms with Crippen molar-refractivity contribution in [1.82, 2.24) is 24.5 Å². The Kier molecular flexibility index (Phi) is 8.18. The molecule has 1 aliphatic rings. The second-order valence-corrected chi connectivity index (χ2v) is 11.7. The Hall–Kier alpha value is -5.89. The Morgan fingerprint density at radius 3 is 2.50 bits per heavy atom. The highest BCUT2D eigenvalue weighted by atomic mass is 35.5. The number of nitrogens with zero attached hydrogens (tertiary/aromatic N) is 5. The minimum atomic E-state index is -4.93. The van der Waals surface area contributed by atoms with Crippen molar-refractivity contribution in [2.24, 2.45) is 0 Å². The second kappa shape index (κ2) is 12.5. The van der Waals surface area contributed by atoms with E-state index in [-0.39, 0.29) is 45.8 Å². The summed E-state index contributed by atoms with van der Waals surface area (Å²) < 4.78 is 76.5. The average molecular weight is 705 g/mol. The molecule has 0 saturated carbocycles. The minimum absolute atomic E-state index is 0.0246. The third kappa shape index (κ3) is 6.09. The number of amides is 2. The van der Waals surface area contributed by atoms with Crippen LogP contribution in [0.5, 0.6) is 5.75 Å². The molecular formula is C35H22ClF5N6O3. The number of fused-ring (bicyclic) bond motifs is 2. The van der Waals surface area contributed by atoms with Gasteiger partial charge in [0.25, 0.3) is 11.8 Å². The number of hydrogen-bond acceptors (Lipinski definition) is 6. The van der Waals surface area contributed by atoms with Crippen LogP contribution in [0.1, 0.15) is 49.1 Å². The van der Waals surface area contributed by atoms with Gasteiger partial charge in [0.2, 0.25) is 0 Å². The molecule has 1 unspecified atom stereocenters. The van der Waals surface area contributed by atoms with Gasteiger partial charge in [-0.2, -0.15) is 18.3 Å². The van der Waals surface area contributed by atoms with Gasteiger partial charge in [0.1, 0.15) is 29.4 Å². The summed E-state index contributed by atoms with van der Waals surface area (Å²) in [6.07, 6.45) is -2.01. The number of carbonyl (C=O) groups excluding carboxylic acids is 2. The summed E-state index contributed by atoms with van der Waals surface area (Å²) in [5.74, 6) is -3.08. The number of alkyl halides is 3. The first-order valence-electron chi connectivity index (χ1n) is 14.8. The van der Waals surface area contributed by atoms with Crippen LogP contribution in [-0.4, -0.2) is 43.4 Å². The molecule has 0 aliphatic carbocycles. The zero-order valence-corrected chi connectivity index (χ0v) is 26.4. The molecule has 252 valence electrons. The van der Waals surface area contributed by atoms with Crippen molar-refractivity contribution in [2.45, 2.75) is 18.8 Å². The van der Waals surface area contributed by atoms with Crippen molar-refractivity contribution in [1.29, 1.82) is 0 Å².